The second-order valence-corrected chi connectivity index (χ2v) is 5.27. The van der Waals surface area contributed by atoms with Crippen molar-refractivity contribution < 1.29 is 9.53 Å². The predicted octanol–water partition coefficient (Wildman–Crippen LogP) is 4.06. The van der Waals surface area contributed by atoms with Gasteiger partial charge >= 0.3 is 0 Å². The van der Waals surface area contributed by atoms with Crippen LogP contribution in [0.25, 0.3) is 11.4 Å². The van der Waals surface area contributed by atoms with Gasteiger partial charge in [-0.25, -0.2) is 4.98 Å². The van der Waals surface area contributed by atoms with Crippen LogP contribution in [0.1, 0.15) is 10.4 Å². The highest BCUT2D eigenvalue weighted by molar-refractivity contribution is 6.33. The van der Waals surface area contributed by atoms with Crippen LogP contribution in [0.3, 0.4) is 0 Å². The van der Waals surface area contributed by atoms with E-state index in [1.807, 2.05) is 36.4 Å². The number of ether oxygens (including phenoxy) is 1. The van der Waals surface area contributed by atoms with Gasteiger partial charge in [-0.15, -0.1) is 0 Å². The maximum absolute atomic E-state index is 12.3. The minimum atomic E-state index is -0.313. The molecule has 2 aromatic carbocycles. The van der Waals surface area contributed by atoms with E-state index < -0.39 is 0 Å². The van der Waals surface area contributed by atoms with Crippen molar-refractivity contribution >= 4 is 23.2 Å². The zero-order valence-corrected chi connectivity index (χ0v) is 13.6. The molecule has 1 amide bonds. The van der Waals surface area contributed by atoms with Gasteiger partial charge in [-0.1, -0.05) is 60.1 Å². The van der Waals surface area contributed by atoms with Crippen LogP contribution in [0.2, 0.25) is 5.15 Å². The third-order valence-corrected chi connectivity index (χ3v) is 3.61. The quantitative estimate of drug-likeness (QED) is 0.728. The number of halogens is 1. The first kappa shape index (κ1) is 16.0. The molecule has 120 valence electrons. The fourth-order valence-electron chi connectivity index (χ4n) is 2.16. The Hall–Kier alpha value is -2.92. The number of benzene rings is 2. The molecule has 0 fully saturated rings. The van der Waals surface area contributed by atoms with Gasteiger partial charge < -0.3 is 10.1 Å². The minimum absolute atomic E-state index is 0.116. The first-order chi connectivity index (χ1) is 11.7. The van der Waals surface area contributed by atoms with E-state index in [1.54, 1.807) is 24.3 Å². The van der Waals surface area contributed by atoms with Crippen LogP contribution in [0, 0.1) is 0 Å². The van der Waals surface area contributed by atoms with Gasteiger partial charge in [0, 0.05) is 11.1 Å². The van der Waals surface area contributed by atoms with Gasteiger partial charge in [-0.3, -0.25) is 4.79 Å². The smallest absolute Gasteiger partial charge is 0.255 e. The van der Waals surface area contributed by atoms with E-state index >= 15 is 0 Å². The number of anilines is 1. The summed E-state index contributed by atoms with van der Waals surface area (Å²) in [6.07, 6.45) is 0. The summed E-state index contributed by atoms with van der Waals surface area (Å²) in [6.45, 7) is 0. The molecule has 0 aliphatic carbocycles. The molecule has 0 bridgehead atoms. The SMILES string of the molecule is COc1nc(-c2ccccc2)nc(Cl)c1NC(=O)c1ccccc1. The number of rotatable bonds is 4. The van der Waals surface area contributed by atoms with Crippen LogP contribution < -0.4 is 10.1 Å². The van der Waals surface area contributed by atoms with Crippen molar-refractivity contribution in [1.82, 2.24) is 9.97 Å². The lowest BCUT2D eigenvalue weighted by Crippen LogP contribution is -2.14. The summed E-state index contributed by atoms with van der Waals surface area (Å²) in [5.74, 6) is 0.320. The van der Waals surface area contributed by atoms with Crippen molar-refractivity contribution in [3.63, 3.8) is 0 Å². The Morgan fingerprint density at radius 3 is 2.25 bits per heavy atom. The molecule has 0 spiro atoms. The Kier molecular flexibility index (Phi) is 4.72. The van der Waals surface area contributed by atoms with Crippen molar-refractivity contribution in [2.45, 2.75) is 0 Å². The van der Waals surface area contributed by atoms with E-state index in [-0.39, 0.29) is 22.6 Å². The van der Waals surface area contributed by atoms with Gasteiger partial charge in [-0.05, 0) is 12.1 Å². The monoisotopic (exact) mass is 339 g/mol. The fraction of sp³-hybridized carbons (Fsp3) is 0.0556. The van der Waals surface area contributed by atoms with E-state index in [4.69, 9.17) is 16.3 Å². The molecule has 1 aromatic heterocycles. The lowest BCUT2D eigenvalue weighted by molar-refractivity contribution is 0.102. The van der Waals surface area contributed by atoms with Gasteiger partial charge in [0.05, 0.1) is 7.11 Å². The molecule has 0 atom stereocenters. The van der Waals surface area contributed by atoms with Crippen LogP contribution in [-0.2, 0) is 0 Å². The first-order valence-corrected chi connectivity index (χ1v) is 7.60. The standard InChI is InChI=1S/C18H14ClN3O2/c1-24-18-14(20-17(23)13-10-6-3-7-11-13)15(19)21-16(22-18)12-8-4-2-5-9-12/h2-11H,1H3,(H,20,23). The van der Waals surface area contributed by atoms with E-state index in [2.05, 4.69) is 15.3 Å². The number of hydrogen-bond donors (Lipinski definition) is 1. The van der Waals surface area contributed by atoms with Crippen molar-refractivity contribution in [2.75, 3.05) is 12.4 Å². The Morgan fingerprint density at radius 1 is 1.00 bits per heavy atom. The molecule has 0 radical (unpaired) electrons. The third-order valence-electron chi connectivity index (χ3n) is 3.33. The molecule has 24 heavy (non-hydrogen) atoms. The largest absolute Gasteiger partial charge is 0.479 e. The topological polar surface area (TPSA) is 64.1 Å². The summed E-state index contributed by atoms with van der Waals surface area (Å²) < 4.78 is 5.27. The highest BCUT2D eigenvalue weighted by Crippen LogP contribution is 2.32. The maximum Gasteiger partial charge on any atom is 0.255 e. The molecule has 3 aromatic rings. The Bertz CT molecular complexity index is 855. The lowest BCUT2D eigenvalue weighted by atomic mass is 10.2. The highest BCUT2D eigenvalue weighted by Gasteiger charge is 2.18. The second kappa shape index (κ2) is 7.10. The Balaban J connectivity index is 1.95. The number of carbonyl (C=O) groups is 1. The molecule has 0 unspecified atom stereocenters. The second-order valence-electron chi connectivity index (χ2n) is 4.91. The number of amides is 1. The van der Waals surface area contributed by atoms with Crippen LogP contribution in [-0.4, -0.2) is 23.0 Å². The number of aromatic nitrogens is 2. The van der Waals surface area contributed by atoms with E-state index in [1.165, 1.54) is 7.11 Å². The predicted molar refractivity (Wildman–Crippen MR) is 93.4 cm³/mol. The van der Waals surface area contributed by atoms with Crippen molar-refractivity contribution in [2.24, 2.45) is 0 Å². The molecule has 0 aliphatic rings. The minimum Gasteiger partial charge on any atom is -0.479 e. The lowest BCUT2D eigenvalue weighted by Gasteiger charge is -2.12. The van der Waals surface area contributed by atoms with Gasteiger partial charge in [0.25, 0.3) is 5.91 Å². The van der Waals surface area contributed by atoms with E-state index in [0.29, 0.717) is 11.4 Å². The van der Waals surface area contributed by atoms with Gasteiger partial charge in [0.15, 0.2) is 11.0 Å². The zero-order valence-electron chi connectivity index (χ0n) is 12.9. The molecule has 6 heteroatoms. The van der Waals surface area contributed by atoms with Crippen LogP contribution in [0.4, 0.5) is 5.69 Å². The van der Waals surface area contributed by atoms with Crippen LogP contribution >= 0.6 is 11.6 Å². The zero-order chi connectivity index (χ0) is 16.9. The Morgan fingerprint density at radius 2 is 1.62 bits per heavy atom. The molecule has 3 rings (SSSR count). The average molecular weight is 340 g/mol. The normalized spacial score (nSPS) is 10.2. The number of hydrogen-bond acceptors (Lipinski definition) is 4. The summed E-state index contributed by atoms with van der Waals surface area (Å²) in [6, 6.07) is 18.2. The summed E-state index contributed by atoms with van der Waals surface area (Å²) in [7, 11) is 1.46. The number of carbonyl (C=O) groups excluding carboxylic acids is 1. The average Bonchev–Trinajstić information content (AvgIpc) is 2.64. The molecular weight excluding hydrogens is 326 g/mol. The highest BCUT2D eigenvalue weighted by atomic mass is 35.5. The van der Waals surface area contributed by atoms with Crippen LogP contribution in [0.5, 0.6) is 5.88 Å². The summed E-state index contributed by atoms with van der Waals surface area (Å²) >= 11 is 6.25. The van der Waals surface area contributed by atoms with Crippen molar-refractivity contribution in [3.8, 4) is 17.3 Å². The third kappa shape index (κ3) is 3.36. The van der Waals surface area contributed by atoms with Crippen molar-refractivity contribution in [3.05, 3.63) is 71.4 Å². The van der Waals surface area contributed by atoms with Gasteiger partial charge in [0.1, 0.15) is 5.69 Å². The maximum atomic E-state index is 12.3. The molecule has 0 saturated carbocycles. The van der Waals surface area contributed by atoms with Crippen LogP contribution in [0.15, 0.2) is 60.7 Å². The number of nitrogens with zero attached hydrogens (tertiary/aromatic N) is 2. The molecule has 0 saturated heterocycles. The molecule has 0 aliphatic heterocycles. The van der Waals surface area contributed by atoms with Gasteiger partial charge in [0.2, 0.25) is 5.88 Å². The van der Waals surface area contributed by atoms with E-state index in [0.717, 1.165) is 5.56 Å². The molecule has 5 nitrogen and oxygen atoms in total. The number of nitrogens with one attached hydrogen (secondary N) is 1. The summed E-state index contributed by atoms with van der Waals surface area (Å²) in [4.78, 5) is 20.9. The molecule has 1 heterocycles. The van der Waals surface area contributed by atoms with E-state index in [9.17, 15) is 4.79 Å². The Labute approximate surface area is 144 Å². The fourth-order valence-corrected chi connectivity index (χ4v) is 2.37. The first-order valence-electron chi connectivity index (χ1n) is 7.22. The molecular formula is C18H14ClN3O2. The van der Waals surface area contributed by atoms with Crippen molar-refractivity contribution in [1.29, 1.82) is 0 Å². The number of methoxy groups -OCH3 is 1. The summed E-state index contributed by atoms with van der Waals surface area (Å²) in [5.41, 5.74) is 1.55. The summed E-state index contributed by atoms with van der Waals surface area (Å²) in [5, 5.41) is 2.82. The van der Waals surface area contributed by atoms with Gasteiger partial charge in [-0.2, -0.15) is 4.98 Å². The molecule has 1 N–H and O–H groups in total.